The summed E-state index contributed by atoms with van der Waals surface area (Å²) in [5.41, 5.74) is 1.84. The van der Waals surface area contributed by atoms with Gasteiger partial charge in [-0.15, -0.1) is 0 Å². The third-order valence-electron chi connectivity index (χ3n) is 4.00. The number of nitrogens with one attached hydrogen (secondary N) is 1. The fourth-order valence-electron chi connectivity index (χ4n) is 2.53. The molecule has 0 spiro atoms. The van der Waals surface area contributed by atoms with Gasteiger partial charge in [0.2, 0.25) is 0 Å². The second-order valence-electron chi connectivity index (χ2n) is 5.82. The number of carbonyl (C=O) groups is 1. The third kappa shape index (κ3) is 4.29. The van der Waals surface area contributed by atoms with E-state index in [-0.39, 0.29) is 12.1 Å². The summed E-state index contributed by atoms with van der Waals surface area (Å²) < 4.78 is 0. The molecule has 5 heteroatoms. The Morgan fingerprint density at radius 2 is 1.91 bits per heavy atom. The molecule has 0 radical (unpaired) electrons. The highest BCUT2D eigenvalue weighted by Crippen LogP contribution is 2.29. The molecule has 1 aromatic heterocycles. The first-order valence-electron chi connectivity index (χ1n) is 7.90. The Morgan fingerprint density at radius 3 is 2.57 bits per heavy atom. The molecule has 1 aliphatic carbocycles. The number of pyridine rings is 1. The van der Waals surface area contributed by atoms with Crippen molar-refractivity contribution in [3.8, 4) is 0 Å². The normalized spacial score (nSPS) is 15.0. The molecule has 2 N–H and O–H groups in total. The molecule has 1 fully saturated rings. The second kappa shape index (κ2) is 7.24. The van der Waals surface area contributed by atoms with Crippen LogP contribution >= 0.6 is 0 Å². The van der Waals surface area contributed by atoms with Gasteiger partial charge in [0.15, 0.2) is 0 Å². The highest BCUT2D eigenvalue weighted by Gasteiger charge is 2.33. The smallest absolute Gasteiger partial charge is 0.318 e. The van der Waals surface area contributed by atoms with Crippen molar-refractivity contribution in [2.75, 3.05) is 6.54 Å². The molecule has 0 aliphatic heterocycles. The van der Waals surface area contributed by atoms with Gasteiger partial charge in [0.05, 0.1) is 12.6 Å². The summed E-state index contributed by atoms with van der Waals surface area (Å²) in [6.45, 7) is 0.781. The van der Waals surface area contributed by atoms with Crippen LogP contribution in [0, 0.1) is 0 Å². The van der Waals surface area contributed by atoms with Gasteiger partial charge >= 0.3 is 6.03 Å². The van der Waals surface area contributed by atoms with E-state index >= 15 is 0 Å². The number of amides is 2. The van der Waals surface area contributed by atoms with Gasteiger partial charge in [-0.3, -0.25) is 4.98 Å². The Hall–Kier alpha value is -2.40. The van der Waals surface area contributed by atoms with E-state index < -0.39 is 6.10 Å². The van der Waals surface area contributed by atoms with Crippen LogP contribution in [0.15, 0.2) is 54.9 Å². The van der Waals surface area contributed by atoms with Crippen molar-refractivity contribution in [2.45, 2.75) is 31.5 Å². The number of urea groups is 1. The van der Waals surface area contributed by atoms with Gasteiger partial charge in [-0.25, -0.2) is 4.79 Å². The van der Waals surface area contributed by atoms with Gasteiger partial charge in [-0.1, -0.05) is 30.3 Å². The van der Waals surface area contributed by atoms with Crippen LogP contribution < -0.4 is 5.32 Å². The van der Waals surface area contributed by atoms with Gasteiger partial charge in [0, 0.05) is 25.0 Å². The SMILES string of the molecule is O=C(NCc1ccncc1)N(CC(O)c1ccccc1)C1CC1. The zero-order chi connectivity index (χ0) is 16.1. The monoisotopic (exact) mass is 311 g/mol. The van der Waals surface area contributed by atoms with Crippen LogP contribution in [-0.2, 0) is 6.54 Å². The summed E-state index contributed by atoms with van der Waals surface area (Å²) in [5.74, 6) is 0. The predicted octanol–water partition coefficient (Wildman–Crippen LogP) is 2.49. The predicted molar refractivity (Wildman–Crippen MR) is 87.6 cm³/mol. The Labute approximate surface area is 136 Å². The van der Waals surface area contributed by atoms with Crippen LogP contribution in [0.3, 0.4) is 0 Å². The first kappa shape index (κ1) is 15.5. The van der Waals surface area contributed by atoms with Gasteiger partial charge in [0.25, 0.3) is 0 Å². The van der Waals surface area contributed by atoms with Crippen molar-refractivity contribution in [2.24, 2.45) is 0 Å². The summed E-state index contributed by atoms with van der Waals surface area (Å²) in [6.07, 6.45) is 4.76. The maximum Gasteiger partial charge on any atom is 0.318 e. The first-order chi connectivity index (χ1) is 11.2. The molecule has 120 valence electrons. The van der Waals surface area contributed by atoms with Gasteiger partial charge in [-0.2, -0.15) is 0 Å². The average Bonchev–Trinajstić information content (AvgIpc) is 3.44. The number of aliphatic hydroxyl groups excluding tert-OH is 1. The lowest BCUT2D eigenvalue weighted by molar-refractivity contribution is 0.118. The molecule has 1 atom stereocenters. The molecule has 0 bridgehead atoms. The quantitative estimate of drug-likeness (QED) is 0.861. The van der Waals surface area contributed by atoms with Crippen molar-refractivity contribution in [1.82, 2.24) is 15.2 Å². The standard InChI is InChI=1S/C18H21N3O2/c22-17(15-4-2-1-3-5-15)13-21(16-6-7-16)18(23)20-12-14-8-10-19-11-9-14/h1-5,8-11,16-17,22H,6-7,12-13H2,(H,20,23). The van der Waals surface area contributed by atoms with Gasteiger partial charge < -0.3 is 15.3 Å². The van der Waals surface area contributed by atoms with Crippen LogP contribution in [0.25, 0.3) is 0 Å². The number of hydrogen-bond donors (Lipinski definition) is 2. The van der Waals surface area contributed by atoms with Crippen molar-refractivity contribution in [1.29, 1.82) is 0 Å². The third-order valence-corrected chi connectivity index (χ3v) is 4.00. The Bertz CT molecular complexity index is 629. The lowest BCUT2D eigenvalue weighted by atomic mass is 10.1. The van der Waals surface area contributed by atoms with Gasteiger partial charge in [-0.05, 0) is 36.1 Å². The molecule has 1 aromatic carbocycles. The number of carbonyl (C=O) groups excluding carboxylic acids is 1. The molecule has 5 nitrogen and oxygen atoms in total. The maximum absolute atomic E-state index is 12.5. The zero-order valence-corrected chi connectivity index (χ0v) is 12.9. The molecule has 1 heterocycles. The molecular weight excluding hydrogens is 290 g/mol. The van der Waals surface area contributed by atoms with Crippen LogP contribution in [0.5, 0.6) is 0 Å². The van der Waals surface area contributed by atoms with Crippen LogP contribution in [0.1, 0.15) is 30.1 Å². The summed E-state index contributed by atoms with van der Waals surface area (Å²) in [6, 6.07) is 13.3. The second-order valence-corrected chi connectivity index (χ2v) is 5.82. The summed E-state index contributed by atoms with van der Waals surface area (Å²) in [4.78, 5) is 18.2. The molecule has 1 aliphatic rings. The summed E-state index contributed by atoms with van der Waals surface area (Å²) in [7, 11) is 0. The van der Waals surface area contributed by atoms with E-state index in [9.17, 15) is 9.90 Å². The fraction of sp³-hybridized carbons (Fsp3) is 0.333. The van der Waals surface area contributed by atoms with Crippen molar-refractivity contribution in [3.63, 3.8) is 0 Å². The molecule has 1 unspecified atom stereocenters. The van der Waals surface area contributed by atoms with E-state index in [1.54, 1.807) is 17.3 Å². The largest absolute Gasteiger partial charge is 0.387 e. The van der Waals surface area contributed by atoms with Gasteiger partial charge in [0.1, 0.15) is 0 Å². The molecule has 1 saturated carbocycles. The minimum atomic E-state index is -0.663. The molecule has 2 amide bonds. The minimum Gasteiger partial charge on any atom is -0.387 e. The van der Waals surface area contributed by atoms with E-state index in [4.69, 9.17) is 0 Å². The van der Waals surface area contributed by atoms with Crippen molar-refractivity contribution >= 4 is 6.03 Å². The maximum atomic E-state index is 12.5. The van der Waals surface area contributed by atoms with Crippen molar-refractivity contribution in [3.05, 3.63) is 66.0 Å². The lowest BCUT2D eigenvalue weighted by Gasteiger charge is -2.25. The molecule has 2 aromatic rings. The number of aliphatic hydroxyl groups is 1. The topological polar surface area (TPSA) is 65.5 Å². The van der Waals surface area contributed by atoms with E-state index in [1.165, 1.54) is 0 Å². The van der Waals surface area contributed by atoms with Crippen LogP contribution in [0.2, 0.25) is 0 Å². The summed E-state index contributed by atoms with van der Waals surface area (Å²) in [5, 5.41) is 13.3. The minimum absolute atomic E-state index is 0.126. The van der Waals surface area contributed by atoms with Crippen molar-refractivity contribution < 1.29 is 9.90 Å². The number of rotatable bonds is 6. The summed E-state index contributed by atoms with van der Waals surface area (Å²) >= 11 is 0. The fourth-order valence-corrected chi connectivity index (χ4v) is 2.53. The molecule has 3 rings (SSSR count). The Morgan fingerprint density at radius 1 is 1.22 bits per heavy atom. The van der Waals surface area contributed by atoms with Crippen LogP contribution in [-0.4, -0.2) is 33.6 Å². The first-order valence-corrected chi connectivity index (χ1v) is 7.90. The zero-order valence-electron chi connectivity index (χ0n) is 12.9. The van der Waals surface area contributed by atoms with Crippen LogP contribution in [0.4, 0.5) is 4.79 Å². The molecule has 23 heavy (non-hydrogen) atoms. The van der Waals surface area contributed by atoms with E-state index in [0.29, 0.717) is 13.1 Å². The van der Waals surface area contributed by atoms with E-state index in [0.717, 1.165) is 24.0 Å². The van der Waals surface area contributed by atoms with E-state index in [2.05, 4.69) is 10.3 Å². The highest BCUT2D eigenvalue weighted by atomic mass is 16.3. The Balaban J connectivity index is 1.59. The molecule has 0 saturated heterocycles. The highest BCUT2D eigenvalue weighted by molar-refractivity contribution is 5.75. The Kier molecular flexibility index (Phi) is 4.88. The number of aromatic nitrogens is 1. The average molecular weight is 311 g/mol. The molecular formula is C18H21N3O2. The lowest BCUT2D eigenvalue weighted by Crippen LogP contribution is -2.43. The number of hydrogen-bond acceptors (Lipinski definition) is 3. The number of nitrogens with zero attached hydrogens (tertiary/aromatic N) is 2. The van der Waals surface area contributed by atoms with E-state index in [1.807, 2.05) is 42.5 Å². The number of benzene rings is 1.